The Labute approximate surface area is 143 Å². The molecule has 0 aliphatic heterocycles. The van der Waals surface area contributed by atoms with Gasteiger partial charge in [0.05, 0.1) is 12.4 Å². The number of anilines is 2. The van der Waals surface area contributed by atoms with Crippen molar-refractivity contribution in [2.45, 2.75) is 13.8 Å². The lowest BCUT2D eigenvalue weighted by atomic mass is 10.2. The molecule has 1 N–H and O–H groups in total. The normalized spacial score (nSPS) is 11.1. The van der Waals surface area contributed by atoms with Gasteiger partial charge in [0.2, 0.25) is 0 Å². The van der Waals surface area contributed by atoms with Crippen LogP contribution in [0.2, 0.25) is 0 Å². The number of ether oxygens (including phenoxy) is 1. The zero-order valence-electron chi connectivity index (χ0n) is 14.5. The first kappa shape index (κ1) is 17.5. The predicted octanol–water partition coefficient (Wildman–Crippen LogP) is 3.82. The Kier molecular flexibility index (Phi) is 5.95. The van der Waals surface area contributed by atoms with Crippen molar-refractivity contribution in [2.24, 2.45) is 4.99 Å². The summed E-state index contributed by atoms with van der Waals surface area (Å²) in [7, 11) is 3.72. The van der Waals surface area contributed by atoms with E-state index in [2.05, 4.69) is 10.3 Å². The molecule has 5 nitrogen and oxygen atoms in total. The van der Waals surface area contributed by atoms with Gasteiger partial charge in [-0.25, -0.2) is 0 Å². The average Bonchev–Trinajstić information content (AvgIpc) is 2.62. The summed E-state index contributed by atoms with van der Waals surface area (Å²) in [5.74, 6) is 1.53. The van der Waals surface area contributed by atoms with Crippen molar-refractivity contribution in [1.29, 1.82) is 0 Å². The quantitative estimate of drug-likeness (QED) is 0.671. The van der Waals surface area contributed by atoms with Crippen LogP contribution in [0.1, 0.15) is 24.2 Å². The number of rotatable bonds is 5. The Morgan fingerprint density at radius 2 is 1.75 bits per heavy atom. The van der Waals surface area contributed by atoms with E-state index in [0.29, 0.717) is 12.2 Å². The molecule has 0 bridgehead atoms. The Balaban J connectivity index is 2.04. The third-order valence-corrected chi connectivity index (χ3v) is 3.75. The third kappa shape index (κ3) is 4.35. The smallest absolute Gasteiger partial charge is 0.255 e. The molecule has 0 aromatic heterocycles. The fraction of sp³-hybridized carbons (Fsp3) is 0.263. The van der Waals surface area contributed by atoms with E-state index in [1.54, 1.807) is 31.3 Å². The third-order valence-electron chi connectivity index (χ3n) is 3.75. The SMILES string of the molecule is CCOc1ccc(C(=O)Nc2ccc(N(C)C(C)=NC)cc2)cc1. The average molecular weight is 325 g/mol. The van der Waals surface area contributed by atoms with Crippen LogP contribution in [0.4, 0.5) is 11.4 Å². The lowest BCUT2D eigenvalue weighted by Gasteiger charge is -2.18. The molecule has 0 aliphatic carbocycles. The number of nitrogens with zero attached hydrogens (tertiary/aromatic N) is 2. The van der Waals surface area contributed by atoms with Gasteiger partial charge < -0.3 is 15.0 Å². The molecule has 0 unspecified atom stereocenters. The van der Waals surface area contributed by atoms with E-state index in [0.717, 1.165) is 23.0 Å². The van der Waals surface area contributed by atoms with Gasteiger partial charge >= 0.3 is 0 Å². The highest BCUT2D eigenvalue weighted by atomic mass is 16.5. The largest absolute Gasteiger partial charge is 0.494 e. The number of carbonyl (C=O) groups excluding carboxylic acids is 1. The summed E-state index contributed by atoms with van der Waals surface area (Å²) in [6.45, 7) is 4.48. The molecule has 24 heavy (non-hydrogen) atoms. The number of carbonyl (C=O) groups is 1. The van der Waals surface area contributed by atoms with E-state index in [1.807, 2.05) is 50.1 Å². The molecule has 0 radical (unpaired) electrons. The second-order valence-corrected chi connectivity index (χ2v) is 5.29. The highest BCUT2D eigenvalue weighted by molar-refractivity contribution is 6.04. The molecule has 5 heteroatoms. The van der Waals surface area contributed by atoms with Crippen LogP contribution in [-0.2, 0) is 0 Å². The topological polar surface area (TPSA) is 53.9 Å². The Hall–Kier alpha value is -2.82. The maximum absolute atomic E-state index is 12.3. The maximum atomic E-state index is 12.3. The van der Waals surface area contributed by atoms with Crippen LogP contribution in [0.25, 0.3) is 0 Å². The van der Waals surface area contributed by atoms with E-state index in [4.69, 9.17) is 4.74 Å². The summed E-state index contributed by atoms with van der Waals surface area (Å²) < 4.78 is 5.38. The first-order chi connectivity index (χ1) is 11.5. The highest BCUT2D eigenvalue weighted by Gasteiger charge is 2.08. The molecular weight excluding hydrogens is 302 g/mol. The summed E-state index contributed by atoms with van der Waals surface area (Å²) >= 11 is 0. The second-order valence-electron chi connectivity index (χ2n) is 5.29. The van der Waals surface area contributed by atoms with Gasteiger partial charge in [-0.1, -0.05) is 0 Å². The fourth-order valence-corrected chi connectivity index (χ4v) is 2.18. The van der Waals surface area contributed by atoms with Crippen LogP contribution in [0.5, 0.6) is 5.75 Å². The van der Waals surface area contributed by atoms with E-state index >= 15 is 0 Å². The molecule has 0 fully saturated rings. The van der Waals surface area contributed by atoms with Gasteiger partial charge in [0.1, 0.15) is 5.75 Å². The van der Waals surface area contributed by atoms with Crippen molar-refractivity contribution >= 4 is 23.1 Å². The number of amides is 1. The summed E-state index contributed by atoms with van der Waals surface area (Å²) in [6.07, 6.45) is 0. The van der Waals surface area contributed by atoms with Gasteiger partial charge in [-0.3, -0.25) is 9.79 Å². The van der Waals surface area contributed by atoms with Crippen LogP contribution < -0.4 is 15.0 Å². The Bertz CT molecular complexity index is 706. The Morgan fingerprint density at radius 1 is 1.12 bits per heavy atom. The minimum absolute atomic E-state index is 0.148. The minimum Gasteiger partial charge on any atom is -0.494 e. The van der Waals surface area contributed by atoms with Crippen molar-refractivity contribution in [3.63, 3.8) is 0 Å². The molecule has 0 saturated carbocycles. The van der Waals surface area contributed by atoms with Gasteiger partial charge in [0.15, 0.2) is 0 Å². The molecule has 0 spiro atoms. The summed E-state index contributed by atoms with van der Waals surface area (Å²) in [6, 6.07) is 14.7. The lowest BCUT2D eigenvalue weighted by Crippen LogP contribution is -2.23. The van der Waals surface area contributed by atoms with Gasteiger partial charge in [-0.05, 0) is 62.4 Å². The van der Waals surface area contributed by atoms with Crippen LogP contribution in [-0.4, -0.2) is 32.4 Å². The van der Waals surface area contributed by atoms with Crippen LogP contribution in [0, 0.1) is 0 Å². The summed E-state index contributed by atoms with van der Waals surface area (Å²) in [5.41, 5.74) is 2.35. The minimum atomic E-state index is -0.148. The van der Waals surface area contributed by atoms with E-state index in [1.165, 1.54) is 0 Å². The number of hydrogen-bond acceptors (Lipinski definition) is 3. The number of hydrogen-bond donors (Lipinski definition) is 1. The molecule has 0 atom stereocenters. The number of amidine groups is 1. The molecule has 2 aromatic rings. The standard InChI is InChI=1S/C19H23N3O2/c1-5-24-18-12-6-15(7-13-18)19(23)21-16-8-10-17(11-9-16)22(4)14(2)20-3/h6-13H,5H2,1-4H3,(H,21,23). The van der Waals surface area contributed by atoms with Crippen molar-refractivity contribution in [1.82, 2.24) is 0 Å². The zero-order chi connectivity index (χ0) is 17.5. The van der Waals surface area contributed by atoms with Crippen molar-refractivity contribution in [3.8, 4) is 5.75 Å². The first-order valence-electron chi connectivity index (χ1n) is 7.86. The van der Waals surface area contributed by atoms with Crippen LogP contribution >= 0.6 is 0 Å². The maximum Gasteiger partial charge on any atom is 0.255 e. The van der Waals surface area contributed by atoms with Crippen molar-refractivity contribution < 1.29 is 9.53 Å². The number of benzene rings is 2. The highest BCUT2D eigenvalue weighted by Crippen LogP contribution is 2.18. The molecule has 0 saturated heterocycles. The van der Waals surface area contributed by atoms with Crippen LogP contribution in [0.3, 0.4) is 0 Å². The number of nitrogens with one attached hydrogen (secondary N) is 1. The molecule has 0 aliphatic rings. The molecule has 2 rings (SSSR count). The van der Waals surface area contributed by atoms with Crippen molar-refractivity contribution in [2.75, 3.05) is 30.9 Å². The molecular formula is C19H23N3O2. The predicted molar refractivity (Wildman–Crippen MR) is 99.4 cm³/mol. The van der Waals surface area contributed by atoms with Gasteiger partial charge in [-0.15, -0.1) is 0 Å². The molecule has 2 aromatic carbocycles. The zero-order valence-corrected chi connectivity index (χ0v) is 14.5. The monoisotopic (exact) mass is 325 g/mol. The van der Waals surface area contributed by atoms with Gasteiger partial charge in [0, 0.05) is 31.0 Å². The molecule has 126 valence electrons. The van der Waals surface area contributed by atoms with E-state index < -0.39 is 0 Å². The summed E-state index contributed by atoms with van der Waals surface area (Å²) in [4.78, 5) is 18.4. The Morgan fingerprint density at radius 3 is 2.29 bits per heavy atom. The van der Waals surface area contributed by atoms with E-state index in [9.17, 15) is 4.79 Å². The van der Waals surface area contributed by atoms with Gasteiger partial charge in [-0.2, -0.15) is 0 Å². The summed E-state index contributed by atoms with van der Waals surface area (Å²) in [5, 5.41) is 2.89. The van der Waals surface area contributed by atoms with E-state index in [-0.39, 0.29) is 5.91 Å². The van der Waals surface area contributed by atoms with Gasteiger partial charge in [0.25, 0.3) is 5.91 Å². The molecule has 0 heterocycles. The number of aliphatic imine (C=N–C) groups is 1. The van der Waals surface area contributed by atoms with Crippen molar-refractivity contribution in [3.05, 3.63) is 54.1 Å². The van der Waals surface area contributed by atoms with Crippen LogP contribution in [0.15, 0.2) is 53.5 Å². The lowest BCUT2D eigenvalue weighted by molar-refractivity contribution is 0.102. The fourth-order valence-electron chi connectivity index (χ4n) is 2.18. The first-order valence-corrected chi connectivity index (χ1v) is 7.86. The molecule has 1 amide bonds. The second kappa shape index (κ2) is 8.15.